The van der Waals surface area contributed by atoms with Gasteiger partial charge in [-0.05, 0) is 68.0 Å². The fourth-order valence-corrected chi connectivity index (χ4v) is 3.08. The summed E-state index contributed by atoms with van der Waals surface area (Å²) in [6.45, 7) is 3.79. The molecule has 2 N–H and O–H groups in total. The van der Waals surface area contributed by atoms with Gasteiger partial charge in [0.1, 0.15) is 0 Å². The molecular formula is C24H23ClN2O5. The first-order valence-electron chi connectivity index (χ1n) is 9.84. The Kier molecular flexibility index (Phi) is 7.57. The van der Waals surface area contributed by atoms with Gasteiger partial charge in [0.15, 0.2) is 17.3 Å². The molecule has 0 saturated heterocycles. The Labute approximate surface area is 191 Å². The summed E-state index contributed by atoms with van der Waals surface area (Å²) >= 11 is 6.32. The lowest BCUT2D eigenvalue weighted by molar-refractivity contribution is -0.111. The third-order valence-corrected chi connectivity index (χ3v) is 4.45. The van der Waals surface area contributed by atoms with E-state index in [0.29, 0.717) is 33.5 Å². The predicted molar refractivity (Wildman–Crippen MR) is 125 cm³/mol. The van der Waals surface area contributed by atoms with E-state index in [1.807, 2.05) is 13.8 Å². The summed E-state index contributed by atoms with van der Waals surface area (Å²) in [6.07, 6.45) is 4.35. The van der Waals surface area contributed by atoms with Crippen LogP contribution in [0.2, 0.25) is 5.02 Å². The highest BCUT2D eigenvalue weighted by atomic mass is 35.5. The van der Waals surface area contributed by atoms with Gasteiger partial charge in [0, 0.05) is 17.5 Å². The molecule has 2 aromatic carbocycles. The number of nitrogens with one attached hydrogen (secondary N) is 2. The number of benzene rings is 2. The minimum absolute atomic E-state index is 0.0619. The van der Waals surface area contributed by atoms with Gasteiger partial charge < -0.3 is 24.5 Å². The number of anilines is 2. The molecular weight excluding hydrogens is 432 g/mol. The highest BCUT2D eigenvalue weighted by molar-refractivity contribution is 6.32. The minimum Gasteiger partial charge on any atom is -0.493 e. The predicted octanol–water partition coefficient (Wildman–Crippen LogP) is 5.63. The average Bonchev–Trinajstić information content (AvgIpc) is 3.29. The number of halogens is 1. The van der Waals surface area contributed by atoms with Gasteiger partial charge in [-0.25, -0.2) is 0 Å². The van der Waals surface area contributed by atoms with E-state index in [-0.39, 0.29) is 23.7 Å². The van der Waals surface area contributed by atoms with E-state index in [9.17, 15) is 9.59 Å². The van der Waals surface area contributed by atoms with E-state index in [4.69, 9.17) is 25.5 Å². The van der Waals surface area contributed by atoms with Crippen LogP contribution in [0.1, 0.15) is 30.0 Å². The van der Waals surface area contributed by atoms with Gasteiger partial charge in [-0.3, -0.25) is 9.59 Å². The van der Waals surface area contributed by atoms with Gasteiger partial charge in [-0.2, -0.15) is 0 Å². The fraction of sp³-hybridized carbons (Fsp3) is 0.167. The third kappa shape index (κ3) is 6.15. The Hall–Kier alpha value is -3.71. The molecule has 0 fully saturated rings. The van der Waals surface area contributed by atoms with Gasteiger partial charge in [-0.1, -0.05) is 17.7 Å². The molecule has 8 heteroatoms. The lowest BCUT2D eigenvalue weighted by Crippen LogP contribution is -2.12. The molecule has 0 atom stereocenters. The van der Waals surface area contributed by atoms with Crippen LogP contribution in [-0.4, -0.2) is 25.0 Å². The highest BCUT2D eigenvalue weighted by Crippen LogP contribution is 2.37. The van der Waals surface area contributed by atoms with Crippen LogP contribution in [0.5, 0.6) is 11.5 Å². The van der Waals surface area contributed by atoms with Crippen molar-refractivity contribution in [2.75, 3.05) is 17.7 Å². The van der Waals surface area contributed by atoms with Crippen LogP contribution in [0.4, 0.5) is 11.4 Å². The molecule has 32 heavy (non-hydrogen) atoms. The molecule has 1 aromatic heterocycles. The van der Waals surface area contributed by atoms with Crippen LogP contribution < -0.4 is 20.1 Å². The number of carbonyl (C=O) groups excluding carboxylic acids is 2. The van der Waals surface area contributed by atoms with Crippen molar-refractivity contribution >= 4 is 40.9 Å². The zero-order valence-corrected chi connectivity index (χ0v) is 18.6. The zero-order chi connectivity index (χ0) is 23.1. The number of carbonyl (C=O) groups is 2. The second-order valence-corrected chi connectivity index (χ2v) is 7.44. The Balaban J connectivity index is 1.67. The number of hydrogen-bond donors (Lipinski definition) is 2. The lowest BCUT2D eigenvalue weighted by atomic mass is 10.1. The molecule has 1 heterocycles. The Bertz CT molecular complexity index is 1120. The van der Waals surface area contributed by atoms with Crippen LogP contribution in [0.15, 0.2) is 65.3 Å². The summed E-state index contributed by atoms with van der Waals surface area (Å²) in [7, 11) is 1.52. The summed E-state index contributed by atoms with van der Waals surface area (Å²) < 4.78 is 16.1. The number of hydrogen-bond acceptors (Lipinski definition) is 5. The Morgan fingerprint density at radius 1 is 1.06 bits per heavy atom. The van der Waals surface area contributed by atoms with Gasteiger partial charge >= 0.3 is 0 Å². The molecule has 0 aliphatic rings. The van der Waals surface area contributed by atoms with Crippen molar-refractivity contribution in [2.45, 2.75) is 20.0 Å². The van der Waals surface area contributed by atoms with E-state index in [1.165, 1.54) is 19.4 Å². The topological polar surface area (TPSA) is 89.8 Å². The van der Waals surface area contributed by atoms with Crippen molar-refractivity contribution in [3.63, 3.8) is 0 Å². The number of furan rings is 1. The van der Waals surface area contributed by atoms with Crippen molar-refractivity contribution in [1.29, 1.82) is 0 Å². The van der Waals surface area contributed by atoms with E-state index in [1.54, 1.807) is 54.6 Å². The molecule has 0 bridgehead atoms. The van der Waals surface area contributed by atoms with E-state index >= 15 is 0 Å². The molecule has 0 radical (unpaired) electrons. The van der Waals surface area contributed by atoms with Gasteiger partial charge in [0.2, 0.25) is 5.91 Å². The first kappa shape index (κ1) is 23.0. The van der Waals surface area contributed by atoms with Crippen LogP contribution in [0.3, 0.4) is 0 Å². The summed E-state index contributed by atoms with van der Waals surface area (Å²) in [5.41, 5.74) is 1.72. The van der Waals surface area contributed by atoms with E-state index in [2.05, 4.69) is 10.6 Å². The van der Waals surface area contributed by atoms with Gasteiger partial charge in [0.05, 0.1) is 24.5 Å². The van der Waals surface area contributed by atoms with Gasteiger partial charge in [0.25, 0.3) is 5.91 Å². The molecule has 0 aliphatic carbocycles. The summed E-state index contributed by atoms with van der Waals surface area (Å²) in [5.74, 6) is 0.401. The summed E-state index contributed by atoms with van der Waals surface area (Å²) in [4.78, 5) is 24.5. The third-order valence-electron chi connectivity index (χ3n) is 4.17. The van der Waals surface area contributed by atoms with E-state index < -0.39 is 0 Å². The SMILES string of the molecule is COc1cc(/C=C/C(=O)Nc2cccc(NC(=O)c3ccco3)c2)cc(Cl)c1OC(C)C. The molecule has 3 rings (SSSR count). The molecule has 166 valence electrons. The van der Waals surface area contributed by atoms with Gasteiger partial charge in [-0.15, -0.1) is 0 Å². The summed E-state index contributed by atoms with van der Waals surface area (Å²) in [5, 5.41) is 5.85. The Morgan fingerprint density at radius 3 is 2.47 bits per heavy atom. The maximum Gasteiger partial charge on any atom is 0.291 e. The van der Waals surface area contributed by atoms with Crippen molar-refractivity contribution in [1.82, 2.24) is 0 Å². The van der Waals surface area contributed by atoms with Crippen LogP contribution in [-0.2, 0) is 4.79 Å². The van der Waals surface area contributed by atoms with Crippen LogP contribution >= 0.6 is 11.6 Å². The van der Waals surface area contributed by atoms with E-state index in [0.717, 1.165) is 0 Å². The maximum absolute atomic E-state index is 12.4. The van der Waals surface area contributed by atoms with Crippen LogP contribution in [0, 0.1) is 0 Å². The monoisotopic (exact) mass is 454 g/mol. The van der Waals surface area contributed by atoms with Crippen LogP contribution in [0.25, 0.3) is 6.08 Å². The molecule has 0 spiro atoms. The first-order chi connectivity index (χ1) is 15.4. The largest absolute Gasteiger partial charge is 0.493 e. The normalized spacial score (nSPS) is 10.9. The first-order valence-corrected chi connectivity index (χ1v) is 10.2. The number of ether oxygens (including phenoxy) is 2. The fourth-order valence-electron chi connectivity index (χ4n) is 2.82. The standard InChI is InChI=1S/C24H23ClN2O5/c1-15(2)32-23-19(25)12-16(13-21(23)30-3)9-10-22(28)26-17-6-4-7-18(14-17)27-24(29)20-8-5-11-31-20/h4-15H,1-3H3,(H,26,28)(H,27,29)/b10-9+. The molecule has 0 unspecified atom stereocenters. The molecule has 0 saturated carbocycles. The zero-order valence-electron chi connectivity index (χ0n) is 17.8. The second-order valence-electron chi connectivity index (χ2n) is 7.04. The second kappa shape index (κ2) is 10.5. The average molecular weight is 455 g/mol. The number of rotatable bonds is 8. The van der Waals surface area contributed by atoms with Crippen molar-refractivity contribution in [3.05, 3.63) is 77.2 Å². The van der Waals surface area contributed by atoms with Crippen molar-refractivity contribution < 1.29 is 23.5 Å². The lowest BCUT2D eigenvalue weighted by Gasteiger charge is -2.15. The minimum atomic E-state index is -0.380. The molecule has 0 aliphatic heterocycles. The molecule has 7 nitrogen and oxygen atoms in total. The molecule has 2 amide bonds. The van der Waals surface area contributed by atoms with Crippen molar-refractivity contribution in [3.8, 4) is 11.5 Å². The maximum atomic E-state index is 12.4. The Morgan fingerprint density at radius 2 is 1.81 bits per heavy atom. The molecule has 3 aromatic rings. The number of methoxy groups -OCH3 is 1. The summed E-state index contributed by atoms with van der Waals surface area (Å²) in [6, 6.07) is 13.4. The smallest absolute Gasteiger partial charge is 0.291 e. The van der Waals surface area contributed by atoms with Crippen molar-refractivity contribution in [2.24, 2.45) is 0 Å². The quantitative estimate of drug-likeness (QED) is 0.430. The highest BCUT2D eigenvalue weighted by Gasteiger charge is 2.13. The number of amides is 2.